The number of carbonyl (C=O) groups excluding carboxylic acids is 1. The Morgan fingerprint density at radius 1 is 1.52 bits per heavy atom. The number of aromatic nitrogens is 3. The first-order valence-corrected chi connectivity index (χ1v) is 6.35. The van der Waals surface area contributed by atoms with E-state index in [1.54, 1.807) is 36.2 Å². The molecule has 0 aliphatic rings. The summed E-state index contributed by atoms with van der Waals surface area (Å²) in [5, 5.41) is 19.8. The van der Waals surface area contributed by atoms with Gasteiger partial charge in [0.1, 0.15) is 11.4 Å². The molecule has 4 N–H and O–H groups in total. The molecule has 1 aromatic heterocycles. The SMILES string of the molecule is COc1ccc(C(N)=O)cc1NCc1cn(CCO)nn1. The zero-order valence-electron chi connectivity index (χ0n) is 11.6. The molecular weight excluding hydrogens is 274 g/mol. The molecule has 0 spiro atoms. The minimum atomic E-state index is -0.505. The number of ether oxygens (including phenoxy) is 1. The van der Waals surface area contributed by atoms with Crippen molar-refractivity contribution >= 4 is 11.6 Å². The number of hydrogen-bond donors (Lipinski definition) is 3. The van der Waals surface area contributed by atoms with Crippen LogP contribution in [0.4, 0.5) is 5.69 Å². The Hall–Kier alpha value is -2.61. The fourth-order valence-corrected chi connectivity index (χ4v) is 1.82. The number of nitrogens with two attached hydrogens (primary N) is 1. The maximum Gasteiger partial charge on any atom is 0.248 e. The van der Waals surface area contributed by atoms with E-state index in [1.165, 1.54) is 0 Å². The van der Waals surface area contributed by atoms with Gasteiger partial charge in [0.05, 0.1) is 38.7 Å². The first-order chi connectivity index (χ1) is 10.1. The van der Waals surface area contributed by atoms with Crippen LogP contribution in [0.1, 0.15) is 16.1 Å². The molecule has 0 bridgehead atoms. The fourth-order valence-electron chi connectivity index (χ4n) is 1.82. The molecule has 0 saturated carbocycles. The highest BCUT2D eigenvalue weighted by Crippen LogP contribution is 2.25. The molecule has 112 valence electrons. The largest absolute Gasteiger partial charge is 0.495 e. The van der Waals surface area contributed by atoms with E-state index in [-0.39, 0.29) is 6.61 Å². The van der Waals surface area contributed by atoms with Crippen LogP contribution in [-0.2, 0) is 13.1 Å². The number of carbonyl (C=O) groups is 1. The van der Waals surface area contributed by atoms with E-state index in [0.717, 1.165) is 0 Å². The molecule has 0 atom stereocenters. The van der Waals surface area contributed by atoms with Gasteiger partial charge in [0.15, 0.2) is 0 Å². The third-order valence-electron chi connectivity index (χ3n) is 2.86. The molecule has 1 amide bonds. The van der Waals surface area contributed by atoms with Crippen LogP contribution in [0.5, 0.6) is 5.75 Å². The van der Waals surface area contributed by atoms with Crippen LogP contribution >= 0.6 is 0 Å². The summed E-state index contributed by atoms with van der Waals surface area (Å²) >= 11 is 0. The number of benzene rings is 1. The van der Waals surface area contributed by atoms with Gasteiger partial charge in [0, 0.05) is 5.56 Å². The first-order valence-electron chi connectivity index (χ1n) is 6.35. The van der Waals surface area contributed by atoms with E-state index < -0.39 is 5.91 Å². The average molecular weight is 291 g/mol. The van der Waals surface area contributed by atoms with Crippen LogP contribution in [0.25, 0.3) is 0 Å². The minimum Gasteiger partial charge on any atom is -0.495 e. The van der Waals surface area contributed by atoms with Gasteiger partial charge in [-0.3, -0.25) is 4.79 Å². The second-order valence-corrected chi connectivity index (χ2v) is 4.33. The number of aliphatic hydroxyl groups is 1. The van der Waals surface area contributed by atoms with E-state index >= 15 is 0 Å². The van der Waals surface area contributed by atoms with Crippen molar-refractivity contribution in [3.8, 4) is 5.75 Å². The van der Waals surface area contributed by atoms with Crippen molar-refractivity contribution in [1.82, 2.24) is 15.0 Å². The first kappa shape index (κ1) is 14.8. The number of nitrogens with one attached hydrogen (secondary N) is 1. The monoisotopic (exact) mass is 291 g/mol. The topological polar surface area (TPSA) is 115 Å². The van der Waals surface area contributed by atoms with Crippen molar-refractivity contribution in [3.05, 3.63) is 35.7 Å². The van der Waals surface area contributed by atoms with Crippen LogP contribution in [0.15, 0.2) is 24.4 Å². The quantitative estimate of drug-likeness (QED) is 0.661. The van der Waals surface area contributed by atoms with Crippen molar-refractivity contribution in [1.29, 1.82) is 0 Å². The number of anilines is 1. The number of amides is 1. The van der Waals surface area contributed by atoms with E-state index in [4.69, 9.17) is 15.6 Å². The summed E-state index contributed by atoms with van der Waals surface area (Å²) in [7, 11) is 1.54. The van der Waals surface area contributed by atoms with Crippen molar-refractivity contribution in [2.75, 3.05) is 19.0 Å². The molecule has 2 aromatic rings. The number of primary amides is 1. The lowest BCUT2D eigenvalue weighted by Crippen LogP contribution is -2.12. The maximum atomic E-state index is 11.2. The second kappa shape index (κ2) is 6.71. The molecule has 2 rings (SSSR count). The molecule has 0 unspecified atom stereocenters. The Morgan fingerprint density at radius 2 is 2.33 bits per heavy atom. The molecular formula is C13H17N5O3. The Labute approximate surface area is 121 Å². The predicted octanol–water partition coefficient (Wildman–Crippen LogP) is -0.01000. The smallest absolute Gasteiger partial charge is 0.248 e. The van der Waals surface area contributed by atoms with Crippen LogP contribution in [0.2, 0.25) is 0 Å². The highest BCUT2D eigenvalue weighted by atomic mass is 16.5. The normalized spacial score (nSPS) is 10.4. The van der Waals surface area contributed by atoms with Crippen LogP contribution < -0.4 is 15.8 Å². The molecule has 0 fully saturated rings. The second-order valence-electron chi connectivity index (χ2n) is 4.33. The summed E-state index contributed by atoms with van der Waals surface area (Å²) in [4.78, 5) is 11.2. The van der Waals surface area contributed by atoms with Crippen molar-refractivity contribution in [2.24, 2.45) is 5.73 Å². The third-order valence-corrected chi connectivity index (χ3v) is 2.86. The number of hydrogen-bond acceptors (Lipinski definition) is 6. The molecule has 0 aliphatic carbocycles. The van der Waals surface area contributed by atoms with Gasteiger partial charge in [-0.05, 0) is 18.2 Å². The van der Waals surface area contributed by atoms with Gasteiger partial charge in [-0.2, -0.15) is 0 Å². The van der Waals surface area contributed by atoms with E-state index in [0.29, 0.717) is 35.8 Å². The molecule has 21 heavy (non-hydrogen) atoms. The predicted molar refractivity (Wildman–Crippen MR) is 75.9 cm³/mol. The van der Waals surface area contributed by atoms with Gasteiger partial charge in [-0.25, -0.2) is 4.68 Å². The Kier molecular flexibility index (Phi) is 4.72. The minimum absolute atomic E-state index is 0.00467. The summed E-state index contributed by atoms with van der Waals surface area (Å²) in [6, 6.07) is 4.90. The van der Waals surface area contributed by atoms with E-state index in [2.05, 4.69) is 15.6 Å². The zero-order valence-corrected chi connectivity index (χ0v) is 11.6. The van der Waals surface area contributed by atoms with E-state index in [1.807, 2.05) is 0 Å². The molecule has 8 heteroatoms. The Morgan fingerprint density at radius 3 is 3.00 bits per heavy atom. The maximum absolute atomic E-state index is 11.2. The van der Waals surface area contributed by atoms with Crippen LogP contribution in [-0.4, -0.2) is 39.7 Å². The van der Waals surface area contributed by atoms with Gasteiger partial charge >= 0.3 is 0 Å². The lowest BCUT2D eigenvalue weighted by molar-refractivity contribution is 0.100. The number of aliphatic hydroxyl groups excluding tert-OH is 1. The summed E-state index contributed by atoms with van der Waals surface area (Å²) in [6.45, 7) is 0.808. The van der Waals surface area contributed by atoms with Gasteiger partial charge in [-0.15, -0.1) is 5.10 Å². The highest BCUT2D eigenvalue weighted by Gasteiger charge is 2.08. The summed E-state index contributed by atoms with van der Waals surface area (Å²) in [5.41, 5.74) is 7.00. The van der Waals surface area contributed by atoms with Gasteiger partial charge < -0.3 is 20.9 Å². The molecule has 0 saturated heterocycles. The molecule has 0 radical (unpaired) electrons. The van der Waals surface area contributed by atoms with E-state index in [9.17, 15) is 4.79 Å². The summed E-state index contributed by atoms with van der Waals surface area (Å²) < 4.78 is 6.77. The standard InChI is InChI=1S/C13H17N5O3/c1-21-12-3-2-9(13(14)20)6-11(12)15-7-10-8-18(4-5-19)17-16-10/h2-3,6,8,15,19H,4-5,7H2,1H3,(H2,14,20). The Balaban J connectivity index is 2.10. The van der Waals surface area contributed by atoms with Crippen LogP contribution in [0, 0.1) is 0 Å². The van der Waals surface area contributed by atoms with Gasteiger partial charge in [0.25, 0.3) is 0 Å². The zero-order chi connectivity index (χ0) is 15.2. The fraction of sp³-hybridized carbons (Fsp3) is 0.308. The highest BCUT2D eigenvalue weighted by molar-refractivity contribution is 5.94. The average Bonchev–Trinajstić information content (AvgIpc) is 2.92. The molecule has 1 aromatic carbocycles. The Bertz CT molecular complexity index is 626. The van der Waals surface area contributed by atoms with Crippen LogP contribution in [0.3, 0.4) is 0 Å². The van der Waals surface area contributed by atoms with Gasteiger partial charge in [0.2, 0.25) is 5.91 Å². The van der Waals surface area contributed by atoms with Crippen molar-refractivity contribution < 1.29 is 14.6 Å². The summed E-state index contributed by atoms with van der Waals surface area (Å²) in [5.74, 6) is 0.0948. The van der Waals surface area contributed by atoms with Crippen molar-refractivity contribution in [3.63, 3.8) is 0 Å². The van der Waals surface area contributed by atoms with Crippen molar-refractivity contribution in [2.45, 2.75) is 13.1 Å². The molecule has 1 heterocycles. The number of methoxy groups -OCH3 is 1. The van der Waals surface area contributed by atoms with Gasteiger partial charge in [-0.1, -0.05) is 5.21 Å². The summed E-state index contributed by atoms with van der Waals surface area (Å²) in [6.07, 6.45) is 1.73. The number of rotatable bonds is 7. The molecule has 8 nitrogen and oxygen atoms in total. The lowest BCUT2D eigenvalue weighted by atomic mass is 10.1. The number of nitrogens with zero attached hydrogens (tertiary/aromatic N) is 3. The molecule has 0 aliphatic heterocycles. The lowest BCUT2D eigenvalue weighted by Gasteiger charge is -2.11. The third kappa shape index (κ3) is 3.69.